The molecule has 0 radical (unpaired) electrons. The molecule has 0 heterocycles. The molecule has 0 spiro atoms. The van der Waals surface area contributed by atoms with Crippen molar-refractivity contribution >= 4 is 11.6 Å². The van der Waals surface area contributed by atoms with Crippen LogP contribution in [0.25, 0.3) is 0 Å². The van der Waals surface area contributed by atoms with Crippen LogP contribution in [0.1, 0.15) is 6.42 Å². The minimum atomic E-state index is 0.706. The Bertz CT molecular complexity index is 115. The number of nitrogens with one attached hydrogen (secondary N) is 1. The third-order valence-electron chi connectivity index (χ3n) is 1.41. The van der Waals surface area contributed by atoms with Gasteiger partial charge in [0.25, 0.3) is 0 Å². The summed E-state index contributed by atoms with van der Waals surface area (Å²) in [6.07, 6.45) is 1.15. The topological polar surface area (TPSA) is 15.3 Å². The SMILES string of the molecule is C=C(Cl)CN(C)CCCNC. The fourth-order valence-electron chi connectivity index (χ4n) is 0.898. The van der Waals surface area contributed by atoms with Crippen LogP contribution in [-0.2, 0) is 0 Å². The van der Waals surface area contributed by atoms with Gasteiger partial charge in [0.1, 0.15) is 0 Å². The van der Waals surface area contributed by atoms with E-state index in [4.69, 9.17) is 11.6 Å². The molecule has 0 aromatic heterocycles. The Hall–Kier alpha value is -0.0500. The predicted molar refractivity (Wildman–Crippen MR) is 51.0 cm³/mol. The molecule has 0 aromatic rings. The summed E-state index contributed by atoms with van der Waals surface area (Å²) in [5.41, 5.74) is 0. The summed E-state index contributed by atoms with van der Waals surface area (Å²) in [7, 11) is 4.00. The maximum absolute atomic E-state index is 5.63. The highest BCUT2D eigenvalue weighted by Crippen LogP contribution is 1.98. The molecular weight excluding hydrogens is 160 g/mol. The zero-order chi connectivity index (χ0) is 8.69. The second kappa shape index (κ2) is 6.65. The zero-order valence-electron chi connectivity index (χ0n) is 7.36. The summed E-state index contributed by atoms with van der Waals surface area (Å²) in [6.45, 7) is 6.53. The van der Waals surface area contributed by atoms with Crippen molar-refractivity contribution in [1.29, 1.82) is 0 Å². The average Bonchev–Trinajstić information content (AvgIpc) is 1.86. The van der Waals surface area contributed by atoms with E-state index in [0.29, 0.717) is 5.03 Å². The first-order chi connectivity index (χ1) is 5.16. The Balaban J connectivity index is 3.22. The lowest BCUT2D eigenvalue weighted by Crippen LogP contribution is -2.23. The molecule has 1 N–H and O–H groups in total. The number of halogens is 1. The van der Waals surface area contributed by atoms with E-state index in [-0.39, 0.29) is 0 Å². The first-order valence-electron chi connectivity index (χ1n) is 3.83. The van der Waals surface area contributed by atoms with E-state index in [1.54, 1.807) is 0 Å². The molecule has 0 unspecified atom stereocenters. The van der Waals surface area contributed by atoms with Gasteiger partial charge in [-0.15, -0.1) is 0 Å². The highest BCUT2D eigenvalue weighted by molar-refractivity contribution is 6.29. The molecule has 0 amide bonds. The maximum atomic E-state index is 5.63. The second-order valence-electron chi connectivity index (χ2n) is 2.71. The van der Waals surface area contributed by atoms with E-state index >= 15 is 0 Å². The number of rotatable bonds is 6. The lowest BCUT2D eigenvalue weighted by Gasteiger charge is -2.14. The lowest BCUT2D eigenvalue weighted by atomic mass is 10.4. The number of nitrogens with zero attached hydrogens (tertiary/aromatic N) is 1. The Labute approximate surface area is 74.2 Å². The smallest absolute Gasteiger partial charge is 0.0332 e. The van der Waals surface area contributed by atoms with Crippen molar-refractivity contribution < 1.29 is 0 Å². The van der Waals surface area contributed by atoms with Crippen LogP contribution in [-0.4, -0.2) is 38.6 Å². The van der Waals surface area contributed by atoms with Crippen molar-refractivity contribution in [2.45, 2.75) is 6.42 Å². The zero-order valence-corrected chi connectivity index (χ0v) is 8.12. The van der Waals surface area contributed by atoms with E-state index in [0.717, 1.165) is 26.1 Å². The van der Waals surface area contributed by atoms with Crippen LogP contribution in [0.5, 0.6) is 0 Å². The average molecular weight is 177 g/mol. The molecule has 11 heavy (non-hydrogen) atoms. The van der Waals surface area contributed by atoms with Gasteiger partial charge in [-0.25, -0.2) is 0 Å². The highest BCUT2D eigenvalue weighted by atomic mass is 35.5. The summed E-state index contributed by atoms with van der Waals surface area (Å²) in [6, 6.07) is 0. The summed E-state index contributed by atoms with van der Waals surface area (Å²) >= 11 is 5.63. The van der Waals surface area contributed by atoms with E-state index in [2.05, 4.69) is 16.8 Å². The van der Waals surface area contributed by atoms with Crippen LogP contribution in [0.15, 0.2) is 11.6 Å². The molecule has 0 aromatic carbocycles. The molecule has 0 rings (SSSR count). The first kappa shape index (κ1) is 11.0. The van der Waals surface area contributed by atoms with E-state index in [1.807, 2.05) is 14.1 Å². The molecule has 0 fully saturated rings. The van der Waals surface area contributed by atoms with Gasteiger partial charge in [0.15, 0.2) is 0 Å². The van der Waals surface area contributed by atoms with Crippen LogP contribution in [0.2, 0.25) is 0 Å². The highest BCUT2D eigenvalue weighted by Gasteiger charge is 1.97. The normalized spacial score (nSPS) is 10.5. The van der Waals surface area contributed by atoms with Gasteiger partial charge in [0, 0.05) is 11.6 Å². The molecule has 0 saturated carbocycles. The quantitative estimate of drug-likeness (QED) is 0.614. The van der Waals surface area contributed by atoms with E-state index in [9.17, 15) is 0 Å². The third kappa shape index (κ3) is 7.85. The van der Waals surface area contributed by atoms with E-state index in [1.165, 1.54) is 0 Å². The largest absolute Gasteiger partial charge is 0.320 e. The summed E-state index contributed by atoms with van der Waals surface area (Å²) in [5.74, 6) is 0. The Kier molecular flexibility index (Phi) is 6.62. The van der Waals surface area contributed by atoms with Crippen LogP contribution in [0.4, 0.5) is 0 Å². The molecule has 0 aliphatic heterocycles. The second-order valence-corrected chi connectivity index (χ2v) is 3.25. The Morgan fingerprint density at radius 3 is 2.73 bits per heavy atom. The third-order valence-corrected chi connectivity index (χ3v) is 1.53. The molecule has 0 atom stereocenters. The van der Waals surface area contributed by atoms with Gasteiger partial charge in [0.05, 0.1) is 0 Å². The standard InChI is InChI=1S/C8H17ClN2/c1-8(9)7-11(3)6-4-5-10-2/h10H,1,4-7H2,2-3H3. The number of likely N-dealkylation sites (N-methyl/N-ethyl adjacent to an activating group) is 1. The monoisotopic (exact) mass is 176 g/mol. The summed E-state index contributed by atoms with van der Waals surface area (Å²) in [5, 5.41) is 3.80. The molecule has 3 heteroatoms. The fourth-order valence-corrected chi connectivity index (χ4v) is 1.10. The Morgan fingerprint density at radius 2 is 2.27 bits per heavy atom. The molecule has 0 aliphatic rings. The molecule has 0 bridgehead atoms. The van der Waals surface area contributed by atoms with Crippen molar-refractivity contribution in [3.05, 3.63) is 11.6 Å². The fraction of sp³-hybridized carbons (Fsp3) is 0.750. The van der Waals surface area contributed by atoms with Gasteiger partial charge >= 0.3 is 0 Å². The van der Waals surface area contributed by atoms with Crippen LogP contribution < -0.4 is 5.32 Å². The summed E-state index contributed by atoms with van der Waals surface area (Å²) < 4.78 is 0. The van der Waals surface area contributed by atoms with Gasteiger partial charge in [0.2, 0.25) is 0 Å². The molecule has 0 saturated heterocycles. The van der Waals surface area contributed by atoms with Crippen molar-refractivity contribution in [3.63, 3.8) is 0 Å². The molecular formula is C8H17ClN2. The van der Waals surface area contributed by atoms with Gasteiger partial charge in [-0.2, -0.15) is 0 Å². The lowest BCUT2D eigenvalue weighted by molar-refractivity contribution is 0.360. The number of hydrogen-bond donors (Lipinski definition) is 1. The minimum absolute atomic E-state index is 0.706. The van der Waals surface area contributed by atoms with Crippen molar-refractivity contribution in [1.82, 2.24) is 10.2 Å². The van der Waals surface area contributed by atoms with E-state index < -0.39 is 0 Å². The summed E-state index contributed by atoms with van der Waals surface area (Å²) in [4.78, 5) is 2.16. The van der Waals surface area contributed by atoms with Crippen LogP contribution in [0.3, 0.4) is 0 Å². The van der Waals surface area contributed by atoms with Gasteiger partial charge in [-0.1, -0.05) is 18.2 Å². The minimum Gasteiger partial charge on any atom is -0.320 e. The van der Waals surface area contributed by atoms with Gasteiger partial charge in [-0.3, -0.25) is 0 Å². The van der Waals surface area contributed by atoms with Gasteiger partial charge < -0.3 is 10.2 Å². The molecule has 0 aliphatic carbocycles. The van der Waals surface area contributed by atoms with Crippen molar-refractivity contribution in [2.75, 3.05) is 33.7 Å². The number of hydrogen-bond acceptors (Lipinski definition) is 2. The first-order valence-corrected chi connectivity index (χ1v) is 4.21. The van der Waals surface area contributed by atoms with Crippen molar-refractivity contribution in [3.8, 4) is 0 Å². The van der Waals surface area contributed by atoms with Crippen molar-refractivity contribution in [2.24, 2.45) is 0 Å². The van der Waals surface area contributed by atoms with Crippen LogP contribution >= 0.6 is 11.6 Å². The molecule has 2 nitrogen and oxygen atoms in total. The van der Waals surface area contributed by atoms with Gasteiger partial charge in [-0.05, 0) is 33.6 Å². The van der Waals surface area contributed by atoms with Crippen LogP contribution in [0, 0.1) is 0 Å². The predicted octanol–water partition coefficient (Wildman–Crippen LogP) is 1.28. The Morgan fingerprint density at radius 1 is 1.64 bits per heavy atom. The maximum Gasteiger partial charge on any atom is 0.0332 e. The molecule has 66 valence electrons.